The molecule has 4 aliphatic rings. The molecule has 6 bridgehead atoms. The number of rotatable bonds is 2. The van der Waals surface area contributed by atoms with E-state index in [0.717, 1.165) is 0 Å². The molecule has 1 N–H and O–H groups in total. The van der Waals surface area contributed by atoms with Crippen molar-refractivity contribution >= 4 is 71.9 Å². The number of fused-ring (bicyclic) bond motifs is 4. The maximum Gasteiger partial charge on any atom is 0.482 e. The van der Waals surface area contributed by atoms with Gasteiger partial charge in [0.15, 0.2) is 0 Å². The van der Waals surface area contributed by atoms with Crippen LogP contribution in [0, 0.1) is 0 Å². The Labute approximate surface area is 180 Å². The zero-order valence-corrected chi connectivity index (χ0v) is 25.1. The predicted molar refractivity (Wildman–Crippen MR) is 110 cm³/mol. The summed E-state index contributed by atoms with van der Waals surface area (Å²) >= 11 is 0. The summed E-state index contributed by atoms with van der Waals surface area (Å²) in [5.41, 5.74) is 0. The van der Waals surface area contributed by atoms with Crippen LogP contribution in [0.15, 0.2) is 0 Å². The topological polar surface area (TPSA) is 122 Å². The van der Waals surface area contributed by atoms with E-state index in [1.165, 1.54) is 0 Å². The zero-order valence-electron chi connectivity index (χ0n) is 17.1. The van der Waals surface area contributed by atoms with Crippen LogP contribution in [0.1, 0.15) is 0 Å². The predicted octanol–water partition coefficient (Wildman–Crippen LogP) is -0.307. The molecule has 6 unspecified atom stereocenters. The summed E-state index contributed by atoms with van der Waals surface area (Å²) in [6, 6.07) is 0.124. The van der Waals surface area contributed by atoms with E-state index < -0.39 is 71.9 Å². The van der Waals surface area contributed by atoms with E-state index in [9.17, 15) is 5.11 Å². The van der Waals surface area contributed by atoms with Gasteiger partial charge >= 0.3 is 62.8 Å². The molecule has 12 nitrogen and oxygen atoms in total. The largest absolute Gasteiger partial charge is 0.482 e. The molecule has 0 aromatic carbocycles. The number of aliphatic hydroxyl groups excluding tert-OH is 1. The lowest BCUT2D eigenvalue weighted by atomic mass is 10.9. The molecule has 0 amide bonds. The standard InChI is InChI=1S/C9H25O12Si8/c1-23-9-11-24(2)15-27(5)18-26(4,14-23)16-25(3)12-22-13-29(20-24,8-7-10)21-28(6,17-25)19-27/h10H,7-9H2,1-6H3. The van der Waals surface area contributed by atoms with Gasteiger partial charge in [0.05, 0.1) is 6.23 Å². The minimum absolute atomic E-state index is 0.124. The Morgan fingerprint density at radius 3 is 2.03 bits per heavy atom. The Kier molecular flexibility index (Phi) is 6.18. The lowest BCUT2D eigenvalue weighted by Crippen LogP contribution is -2.78. The normalized spacial score (nSPS) is 53.9. The first-order chi connectivity index (χ1) is 13.3. The second kappa shape index (κ2) is 7.65. The summed E-state index contributed by atoms with van der Waals surface area (Å²) in [7, 11) is -22.4. The van der Waals surface area contributed by atoms with E-state index in [1.807, 2.05) is 6.55 Å². The lowest BCUT2D eigenvalue weighted by molar-refractivity contribution is 0.0338. The minimum Gasteiger partial charge on any atom is -0.414 e. The Morgan fingerprint density at radius 2 is 1.31 bits per heavy atom. The van der Waals surface area contributed by atoms with Crippen LogP contribution in [-0.4, -0.2) is 89.8 Å². The molecule has 0 aromatic rings. The lowest BCUT2D eigenvalue weighted by Gasteiger charge is -2.52. The number of hydrogen-bond donors (Lipinski definition) is 1. The Bertz CT molecular complexity index is 665. The summed E-state index contributed by atoms with van der Waals surface area (Å²) in [5, 5.41) is 9.71. The monoisotopic (exact) mass is 549 g/mol. The third-order valence-electron chi connectivity index (χ3n) is 4.28. The smallest absolute Gasteiger partial charge is 0.414 e. The molecule has 165 valence electrons. The van der Waals surface area contributed by atoms with Crippen LogP contribution >= 0.6 is 0 Å². The summed E-state index contributed by atoms with van der Waals surface area (Å²) in [4.78, 5) is 0. The van der Waals surface area contributed by atoms with Gasteiger partial charge in [-0.3, -0.25) is 0 Å². The highest BCUT2D eigenvalue weighted by molar-refractivity contribution is 6.96. The SMILES string of the molecule is C[Si]1CO[Si]2(C)O[Si]3(C)O[Si](C)(O1)O[Si]1(C)O[Si]O[Si](CCO)(O2)O[Si](C)(O1)O3. The molecule has 6 atom stereocenters. The average Bonchev–Trinajstić information content (AvgIpc) is 2.50. The third-order valence-corrected chi connectivity index (χ3v) is 33.2. The maximum absolute atomic E-state index is 9.71. The van der Waals surface area contributed by atoms with E-state index in [1.54, 1.807) is 32.7 Å². The molecule has 4 aliphatic heterocycles. The van der Waals surface area contributed by atoms with Crippen molar-refractivity contribution in [2.24, 2.45) is 0 Å². The quantitative estimate of drug-likeness (QED) is 0.455. The molecular formula is C9H25O12Si8. The van der Waals surface area contributed by atoms with Gasteiger partial charge < -0.3 is 50.7 Å². The van der Waals surface area contributed by atoms with Crippen LogP contribution in [0.25, 0.3) is 0 Å². The Hall–Kier alpha value is 1.26. The van der Waals surface area contributed by atoms with Crippen molar-refractivity contribution < 1.29 is 50.7 Å². The fraction of sp³-hybridized carbons (Fsp3) is 1.00. The van der Waals surface area contributed by atoms with E-state index in [4.69, 9.17) is 45.6 Å². The van der Waals surface area contributed by atoms with Gasteiger partial charge in [-0.05, 0) is 6.55 Å². The van der Waals surface area contributed by atoms with Crippen LogP contribution < -0.4 is 0 Å². The molecule has 0 aliphatic carbocycles. The summed E-state index contributed by atoms with van der Waals surface area (Å²) < 4.78 is 69.2. The summed E-state index contributed by atoms with van der Waals surface area (Å²) in [5.74, 6) is 0. The van der Waals surface area contributed by atoms with Gasteiger partial charge in [0, 0.05) is 45.4 Å². The molecule has 3 radical (unpaired) electrons. The summed E-state index contributed by atoms with van der Waals surface area (Å²) in [6.45, 7) is 10.5. The second-order valence-electron chi connectivity index (χ2n) is 7.56. The molecule has 4 fully saturated rings. The van der Waals surface area contributed by atoms with Gasteiger partial charge in [0.2, 0.25) is 9.04 Å². The molecule has 4 saturated heterocycles. The average molecular weight is 550 g/mol. The molecule has 0 spiro atoms. The van der Waals surface area contributed by atoms with E-state index in [2.05, 4.69) is 0 Å². The minimum atomic E-state index is -3.52. The van der Waals surface area contributed by atoms with E-state index in [0.29, 0.717) is 6.23 Å². The van der Waals surface area contributed by atoms with Gasteiger partial charge in [-0.25, -0.2) is 0 Å². The van der Waals surface area contributed by atoms with Crippen LogP contribution in [0.2, 0.25) is 45.3 Å². The van der Waals surface area contributed by atoms with Gasteiger partial charge in [-0.2, -0.15) is 0 Å². The van der Waals surface area contributed by atoms with Gasteiger partial charge in [-0.1, -0.05) is 0 Å². The fourth-order valence-corrected chi connectivity index (χ4v) is 38.6. The van der Waals surface area contributed by atoms with Crippen molar-refractivity contribution in [3.8, 4) is 0 Å². The first-order valence-electron chi connectivity index (χ1n) is 9.10. The third kappa shape index (κ3) is 4.95. The molecule has 0 aromatic heterocycles. The number of hydrogen-bond acceptors (Lipinski definition) is 12. The molecule has 20 heteroatoms. The molecule has 4 rings (SSSR count). The van der Waals surface area contributed by atoms with Crippen molar-refractivity contribution in [3.63, 3.8) is 0 Å². The zero-order chi connectivity index (χ0) is 21.2. The Morgan fingerprint density at radius 1 is 0.759 bits per heavy atom. The van der Waals surface area contributed by atoms with Crippen LogP contribution in [0.4, 0.5) is 0 Å². The van der Waals surface area contributed by atoms with Crippen LogP contribution in [-0.2, 0) is 45.6 Å². The van der Waals surface area contributed by atoms with Gasteiger partial charge in [0.25, 0.3) is 0 Å². The fourth-order valence-electron chi connectivity index (χ4n) is 3.67. The van der Waals surface area contributed by atoms with Crippen molar-refractivity contribution in [1.82, 2.24) is 0 Å². The number of aliphatic hydroxyl groups is 1. The van der Waals surface area contributed by atoms with E-state index in [-0.39, 0.29) is 12.7 Å². The molecular weight excluding hydrogens is 525 g/mol. The highest BCUT2D eigenvalue weighted by atomic mass is 28.6. The highest BCUT2D eigenvalue weighted by Crippen LogP contribution is 2.41. The molecule has 4 heterocycles. The van der Waals surface area contributed by atoms with Crippen molar-refractivity contribution in [2.45, 2.75) is 45.3 Å². The van der Waals surface area contributed by atoms with Gasteiger partial charge in [0.1, 0.15) is 0 Å². The van der Waals surface area contributed by atoms with E-state index >= 15 is 0 Å². The summed E-state index contributed by atoms with van der Waals surface area (Å²) in [6.07, 6.45) is 0.299. The van der Waals surface area contributed by atoms with Gasteiger partial charge in [-0.15, -0.1) is 0 Å². The highest BCUT2D eigenvalue weighted by Gasteiger charge is 2.71. The van der Waals surface area contributed by atoms with Crippen LogP contribution in [0.3, 0.4) is 0 Å². The van der Waals surface area contributed by atoms with Crippen molar-refractivity contribution in [3.05, 3.63) is 0 Å². The van der Waals surface area contributed by atoms with Crippen molar-refractivity contribution in [1.29, 1.82) is 0 Å². The first-order valence-corrected chi connectivity index (χ1v) is 25.1. The van der Waals surface area contributed by atoms with Crippen LogP contribution in [0.5, 0.6) is 0 Å². The maximum atomic E-state index is 9.71. The molecule has 0 saturated carbocycles. The second-order valence-corrected chi connectivity index (χ2v) is 28.4. The Balaban J connectivity index is 1.88. The molecule has 29 heavy (non-hydrogen) atoms. The van der Waals surface area contributed by atoms with Crippen molar-refractivity contribution in [2.75, 3.05) is 12.8 Å². The first kappa shape index (κ1) is 23.4.